The van der Waals surface area contributed by atoms with Gasteiger partial charge in [-0.2, -0.15) is 0 Å². The first-order valence-electron chi connectivity index (χ1n) is 5.81. The van der Waals surface area contributed by atoms with E-state index in [0.717, 1.165) is 23.1 Å². The number of aryl methyl sites for hydroxylation is 2. The third-order valence-corrected chi connectivity index (χ3v) is 3.00. The van der Waals surface area contributed by atoms with E-state index >= 15 is 0 Å². The second-order valence-corrected chi connectivity index (χ2v) is 5.47. The molecule has 0 bridgehead atoms. The summed E-state index contributed by atoms with van der Waals surface area (Å²) in [6.45, 7) is 7.90. The van der Waals surface area contributed by atoms with Crippen LogP contribution in [-0.4, -0.2) is 17.3 Å². The average molecular weight is 254 g/mol. The van der Waals surface area contributed by atoms with Gasteiger partial charge in [0.25, 0.3) is 5.91 Å². The fourth-order valence-corrected chi connectivity index (χ4v) is 2.13. The van der Waals surface area contributed by atoms with Crippen molar-refractivity contribution in [1.82, 2.24) is 5.32 Å². The Kier molecular flexibility index (Phi) is 4.58. The van der Waals surface area contributed by atoms with Crippen molar-refractivity contribution in [3.8, 4) is 0 Å². The van der Waals surface area contributed by atoms with E-state index in [9.17, 15) is 4.79 Å². The van der Waals surface area contributed by atoms with Gasteiger partial charge in [0, 0.05) is 17.0 Å². The number of benzene rings is 1. The van der Waals surface area contributed by atoms with E-state index in [-0.39, 0.29) is 11.4 Å². The zero-order valence-electron chi connectivity index (χ0n) is 10.9. The lowest BCUT2D eigenvalue weighted by atomic mass is 9.99. The molecular formula is C14H20ClNO. The fourth-order valence-electron chi connectivity index (χ4n) is 1.65. The number of nitrogens with one attached hydrogen (secondary N) is 1. The van der Waals surface area contributed by atoms with Gasteiger partial charge in [0.1, 0.15) is 0 Å². The van der Waals surface area contributed by atoms with E-state index in [1.54, 1.807) is 0 Å². The van der Waals surface area contributed by atoms with E-state index < -0.39 is 0 Å². The Hall–Kier alpha value is -1.02. The molecule has 2 nitrogen and oxygen atoms in total. The van der Waals surface area contributed by atoms with Crippen LogP contribution < -0.4 is 5.32 Å². The Bertz CT molecular complexity index is 413. The van der Waals surface area contributed by atoms with Gasteiger partial charge >= 0.3 is 0 Å². The van der Waals surface area contributed by atoms with Gasteiger partial charge in [0.05, 0.1) is 0 Å². The normalized spacial score (nSPS) is 11.4. The predicted molar refractivity (Wildman–Crippen MR) is 72.8 cm³/mol. The van der Waals surface area contributed by atoms with E-state index in [2.05, 4.69) is 5.32 Å². The lowest BCUT2D eigenvalue weighted by Gasteiger charge is -2.25. The number of hydrogen-bond acceptors (Lipinski definition) is 1. The number of alkyl halides is 1. The molecule has 0 radical (unpaired) electrons. The van der Waals surface area contributed by atoms with Gasteiger partial charge in [-0.25, -0.2) is 0 Å². The van der Waals surface area contributed by atoms with Gasteiger partial charge in [0.15, 0.2) is 0 Å². The lowest BCUT2D eigenvalue weighted by molar-refractivity contribution is 0.0911. The van der Waals surface area contributed by atoms with Crippen molar-refractivity contribution < 1.29 is 4.79 Å². The summed E-state index contributed by atoms with van der Waals surface area (Å²) in [5.41, 5.74) is 2.56. The molecule has 0 heterocycles. The summed E-state index contributed by atoms with van der Waals surface area (Å²) >= 11 is 5.72. The molecule has 0 aliphatic carbocycles. The summed E-state index contributed by atoms with van der Waals surface area (Å²) in [6.07, 6.45) is 0.755. The molecule has 1 aromatic rings. The molecule has 1 amide bonds. The Morgan fingerprint density at radius 3 is 2.59 bits per heavy atom. The second kappa shape index (κ2) is 5.54. The van der Waals surface area contributed by atoms with Gasteiger partial charge < -0.3 is 5.32 Å². The van der Waals surface area contributed by atoms with Crippen LogP contribution in [0.25, 0.3) is 0 Å². The Morgan fingerprint density at radius 1 is 1.35 bits per heavy atom. The minimum absolute atomic E-state index is 0.0266. The number of carbonyl (C=O) groups excluding carboxylic acids is 1. The Balaban J connectivity index is 2.86. The van der Waals surface area contributed by atoms with Crippen LogP contribution in [-0.2, 0) is 0 Å². The van der Waals surface area contributed by atoms with E-state index in [0.29, 0.717) is 5.88 Å². The van der Waals surface area contributed by atoms with Crippen LogP contribution in [0.2, 0.25) is 0 Å². The first-order chi connectivity index (χ1) is 7.85. The molecule has 0 aromatic heterocycles. The van der Waals surface area contributed by atoms with E-state index in [4.69, 9.17) is 11.6 Å². The molecule has 17 heavy (non-hydrogen) atoms. The van der Waals surface area contributed by atoms with E-state index in [1.165, 1.54) is 0 Å². The van der Waals surface area contributed by atoms with Crippen LogP contribution in [0.1, 0.15) is 41.8 Å². The maximum absolute atomic E-state index is 12.2. The molecule has 0 spiro atoms. The highest BCUT2D eigenvalue weighted by molar-refractivity contribution is 6.17. The third kappa shape index (κ3) is 4.04. The number of rotatable bonds is 4. The van der Waals surface area contributed by atoms with Crippen LogP contribution in [0.15, 0.2) is 18.2 Å². The average Bonchev–Trinajstić information content (AvgIpc) is 2.20. The predicted octanol–water partition coefficient (Wildman–Crippen LogP) is 3.44. The van der Waals surface area contributed by atoms with Crippen LogP contribution in [0.3, 0.4) is 0 Å². The molecule has 1 N–H and O–H groups in total. The van der Waals surface area contributed by atoms with Crippen LogP contribution in [0.4, 0.5) is 0 Å². The Labute approximate surface area is 108 Å². The molecule has 0 unspecified atom stereocenters. The molecule has 0 aliphatic heterocycles. The van der Waals surface area contributed by atoms with Gasteiger partial charge in [-0.1, -0.05) is 17.7 Å². The van der Waals surface area contributed by atoms with Crippen molar-refractivity contribution in [2.75, 3.05) is 5.88 Å². The smallest absolute Gasteiger partial charge is 0.251 e. The number of amides is 1. The molecule has 3 heteroatoms. The highest BCUT2D eigenvalue weighted by Crippen LogP contribution is 2.14. The summed E-state index contributed by atoms with van der Waals surface area (Å²) in [6, 6.07) is 5.90. The van der Waals surface area contributed by atoms with Crippen LogP contribution >= 0.6 is 11.6 Å². The summed E-state index contributed by atoms with van der Waals surface area (Å²) in [5, 5.41) is 3.02. The highest BCUT2D eigenvalue weighted by atomic mass is 35.5. The van der Waals surface area contributed by atoms with Gasteiger partial charge in [-0.15, -0.1) is 11.6 Å². The zero-order valence-corrected chi connectivity index (χ0v) is 11.7. The van der Waals surface area contributed by atoms with Crippen molar-refractivity contribution >= 4 is 17.5 Å². The number of halogens is 1. The van der Waals surface area contributed by atoms with Crippen molar-refractivity contribution in [2.24, 2.45) is 0 Å². The summed E-state index contributed by atoms with van der Waals surface area (Å²) in [5.74, 6) is 0.515. The SMILES string of the molecule is Cc1ccc(C)c(C(=O)NC(C)(C)CCCl)c1. The zero-order chi connectivity index (χ0) is 13.1. The second-order valence-electron chi connectivity index (χ2n) is 5.10. The molecule has 94 valence electrons. The highest BCUT2D eigenvalue weighted by Gasteiger charge is 2.21. The standard InChI is InChI=1S/C14H20ClNO/c1-10-5-6-11(2)12(9-10)13(17)16-14(3,4)7-8-15/h5-6,9H,7-8H2,1-4H3,(H,16,17). The number of carbonyl (C=O) groups is 1. The lowest BCUT2D eigenvalue weighted by Crippen LogP contribution is -2.43. The molecule has 0 saturated heterocycles. The molecular weight excluding hydrogens is 234 g/mol. The van der Waals surface area contributed by atoms with Gasteiger partial charge in [-0.05, 0) is 45.7 Å². The molecule has 1 aromatic carbocycles. The molecule has 0 saturated carbocycles. The van der Waals surface area contributed by atoms with Crippen molar-refractivity contribution in [1.29, 1.82) is 0 Å². The monoisotopic (exact) mass is 253 g/mol. The van der Waals surface area contributed by atoms with Crippen molar-refractivity contribution in [2.45, 2.75) is 39.7 Å². The Morgan fingerprint density at radius 2 is 2.00 bits per heavy atom. The van der Waals surface area contributed by atoms with Crippen LogP contribution in [0.5, 0.6) is 0 Å². The quantitative estimate of drug-likeness (QED) is 0.819. The molecule has 1 rings (SSSR count). The minimum Gasteiger partial charge on any atom is -0.347 e. The summed E-state index contributed by atoms with van der Waals surface area (Å²) < 4.78 is 0. The maximum atomic E-state index is 12.2. The molecule has 0 fully saturated rings. The topological polar surface area (TPSA) is 29.1 Å². The van der Waals surface area contributed by atoms with Gasteiger partial charge in [-0.3, -0.25) is 4.79 Å². The van der Waals surface area contributed by atoms with Crippen LogP contribution in [0, 0.1) is 13.8 Å². The minimum atomic E-state index is -0.269. The van der Waals surface area contributed by atoms with Gasteiger partial charge in [0.2, 0.25) is 0 Å². The number of hydrogen-bond donors (Lipinski definition) is 1. The summed E-state index contributed by atoms with van der Waals surface area (Å²) in [4.78, 5) is 12.2. The summed E-state index contributed by atoms with van der Waals surface area (Å²) in [7, 11) is 0. The molecule has 0 aliphatic rings. The molecule has 0 atom stereocenters. The largest absolute Gasteiger partial charge is 0.347 e. The fraction of sp³-hybridized carbons (Fsp3) is 0.500. The first-order valence-corrected chi connectivity index (χ1v) is 6.35. The first kappa shape index (κ1) is 14.0. The third-order valence-electron chi connectivity index (χ3n) is 2.81. The van der Waals surface area contributed by atoms with Crippen molar-refractivity contribution in [3.05, 3.63) is 34.9 Å². The van der Waals surface area contributed by atoms with Crippen molar-refractivity contribution in [3.63, 3.8) is 0 Å². The maximum Gasteiger partial charge on any atom is 0.251 e. The van der Waals surface area contributed by atoms with E-state index in [1.807, 2.05) is 45.9 Å².